The zero-order valence-electron chi connectivity index (χ0n) is 7.02. The van der Waals surface area contributed by atoms with Crippen LogP contribution in [0.2, 0.25) is 0 Å². The second kappa shape index (κ2) is 1.85. The fourth-order valence-corrected chi connectivity index (χ4v) is 2.46. The van der Waals surface area contributed by atoms with Crippen molar-refractivity contribution in [2.45, 2.75) is 18.6 Å². The first-order valence-electron chi connectivity index (χ1n) is 4.24. The molecule has 0 aromatic rings. The van der Waals surface area contributed by atoms with Gasteiger partial charge in [0.25, 0.3) is 0 Å². The molecule has 4 atom stereocenters. The van der Waals surface area contributed by atoms with Crippen LogP contribution in [0.5, 0.6) is 0 Å². The van der Waals surface area contributed by atoms with Gasteiger partial charge in [0.15, 0.2) is 0 Å². The van der Waals surface area contributed by atoms with Gasteiger partial charge in [-0.3, -0.25) is 9.59 Å². The summed E-state index contributed by atoms with van der Waals surface area (Å²) in [5, 5.41) is 0. The van der Waals surface area contributed by atoms with E-state index in [1.165, 1.54) is 0 Å². The fourth-order valence-electron chi connectivity index (χ4n) is 2.46. The van der Waals surface area contributed by atoms with Crippen molar-refractivity contribution in [3.63, 3.8) is 0 Å². The molecule has 4 heteroatoms. The van der Waals surface area contributed by atoms with Crippen molar-refractivity contribution in [1.29, 1.82) is 0 Å². The van der Waals surface area contributed by atoms with Crippen molar-refractivity contribution in [2.75, 3.05) is 0 Å². The Morgan fingerprint density at radius 1 is 1.38 bits per heavy atom. The van der Waals surface area contributed by atoms with Gasteiger partial charge < -0.3 is 9.47 Å². The van der Waals surface area contributed by atoms with Crippen LogP contribution in [0.15, 0.2) is 12.2 Å². The van der Waals surface area contributed by atoms with Crippen LogP contribution in [0.4, 0.5) is 0 Å². The van der Waals surface area contributed by atoms with E-state index in [-0.39, 0.29) is 6.10 Å². The van der Waals surface area contributed by atoms with Gasteiger partial charge in [0, 0.05) is 0 Å². The number of esters is 2. The Hall–Kier alpha value is -1.16. The minimum atomic E-state index is -0.613. The summed E-state index contributed by atoms with van der Waals surface area (Å²) >= 11 is 0. The van der Waals surface area contributed by atoms with E-state index >= 15 is 0 Å². The zero-order chi connectivity index (χ0) is 9.22. The number of hydrogen-bond acceptors (Lipinski definition) is 4. The van der Waals surface area contributed by atoms with Gasteiger partial charge in [-0.15, -0.1) is 0 Å². The molecule has 0 N–H and O–H groups in total. The lowest BCUT2D eigenvalue weighted by Gasteiger charge is -2.20. The number of carbonyl (C=O) groups is 2. The molecule has 4 nitrogen and oxygen atoms in total. The smallest absolute Gasteiger partial charge is 0.320 e. The van der Waals surface area contributed by atoms with Crippen LogP contribution in [0.3, 0.4) is 0 Å². The van der Waals surface area contributed by atoms with E-state index in [4.69, 9.17) is 4.74 Å². The molecule has 68 valence electrons. The first kappa shape index (κ1) is 7.26. The Labute approximate surface area is 74.5 Å². The molecule has 0 radical (unpaired) electrons. The van der Waals surface area contributed by atoms with E-state index in [2.05, 4.69) is 4.74 Å². The van der Waals surface area contributed by atoms with Gasteiger partial charge in [-0.25, -0.2) is 0 Å². The van der Waals surface area contributed by atoms with Gasteiger partial charge in [-0.2, -0.15) is 0 Å². The van der Waals surface area contributed by atoms with Crippen LogP contribution < -0.4 is 0 Å². The SMILES string of the molecule is C[C@@]12C=C[C@@H](O1)[C@H]1C(=O)OC(=O)[C@H]12. The Morgan fingerprint density at radius 2 is 2.15 bits per heavy atom. The molecule has 3 aliphatic heterocycles. The minimum Gasteiger partial charge on any atom is -0.393 e. The summed E-state index contributed by atoms with van der Waals surface area (Å²) in [7, 11) is 0. The maximum absolute atomic E-state index is 11.3. The van der Waals surface area contributed by atoms with Crippen LogP contribution >= 0.6 is 0 Å². The minimum absolute atomic E-state index is 0.256. The van der Waals surface area contributed by atoms with Gasteiger partial charge in [-0.1, -0.05) is 12.2 Å². The first-order valence-corrected chi connectivity index (χ1v) is 4.24. The molecule has 0 saturated carbocycles. The summed E-state index contributed by atoms with van der Waals surface area (Å²) in [4.78, 5) is 22.5. The van der Waals surface area contributed by atoms with Crippen molar-refractivity contribution in [2.24, 2.45) is 11.8 Å². The average molecular weight is 180 g/mol. The predicted octanol–water partition coefficient (Wildman–Crippen LogP) is 0.0295. The van der Waals surface area contributed by atoms with Crippen molar-refractivity contribution in [1.82, 2.24) is 0 Å². The molecule has 0 unspecified atom stereocenters. The Kier molecular flexibility index (Phi) is 1.03. The molecule has 3 rings (SSSR count). The third-order valence-corrected chi connectivity index (χ3v) is 3.06. The second-order valence-corrected chi connectivity index (χ2v) is 3.87. The highest BCUT2D eigenvalue weighted by molar-refractivity contribution is 5.99. The molecule has 3 heterocycles. The summed E-state index contributed by atoms with van der Waals surface area (Å²) in [5.41, 5.74) is -0.613. The number of rotatable bonds is 0. The van der Waals surface area contributed by atoms with Crippen LogP contribution in [-0.2, 0) is 19.1 Å². The zero-order valence-corrected chi connectivity index (χ0v) is 7.02. The summed E-state index contributed by atoms with van der Waals surface area (Å²) in [6.45, 7) is 1.81. The van der Waals surface area contributed by atoms with Crippen molar-refractivity contribution < 1.29 is 19.1 Å². The van der Waals surface area contributed by atoms with Crippen molar-refractivity contribution >= 4 is 11.9 Å². The molecule has 2 saturated heterocycles. The number of hydrogen-bond donors (Lipinski definition) is 0. The second-order valence-electron chi connectivity index (χ2n) is 3.87. The summed E-state index contributed by atoms with van der Waals surface area (Å²) < 4.78 is 10.1. The molecule has 2 bridgehead atoms. The van der Waals surface area contributed by atoms with E-state index in [0.717, 1.165) is 0 Å². The summed E-state index contributed by atoms with van der Waals surface area (Å²) in [5.74, 6) is -1.70. The first-order chi connectivity index (χ1) is 6.12. The van der Waals surface area contributed by atoms with Gasteiger partial charge in [-0.05, 0) is 6.92 Å². The van der Waals surface area contributed by atoms with Crippen molar-refractivity contribution in [3.8, 4) is 0 Å². The molecule has 2 fully saturated rings. The molecular weight excluding hydrogens is 172 g/mol. The Balaban J connectivity index is 2.13. The van der Waals surface area contributed by atoms with Crippen LogP contribution in [0.25, 0.3) is 0 Å². The van der Waals surface area contributed by atoms with Gasteiger partial charge in [0.05, 0.1) is 11.7 Å². The third-order valence-electron chi connectivity index (χ3n) is 3.06. The lowest BCUT2D eigenvalue weighted by molar-refractivity contribution is -0.157. The lowest BCUT2D eigenvalue weighted by Crippen LogP contribution is -2.34. The average Bonchev–Trinajstić information content (AvgIpc) is 2.62. The van der Waals surface area contributed by atoms with Crippen LogP contribution in [-0.4, -0.2) is 23.6 Å². The topological polar surface area (TPSA) is 52.6 Å². The van der Waals surface area contributed by atoms with Crippen LogP contribution in [0.1, 0.15) is 6.92 Å². The van der Waals surface area contributed by atoms with E-state index in [1.807, 2.05) is 19.1 Å². The number of ether oxygens (including phenoxy) is 2. The molecule has 3 aliphatic rings. The van der Waals surface area contributed by atoms with Gasteiger partial charge >= 0.3 is 11.9 Å². The molecule has 0 aromatic heterocycles. The van der Waals surface area contributed by atoms with E-state index in [9.17, 15) is 9.59 Å². The van der Waals surface area contributed by atoms with Gasteiger partial charge in [0.2, 0.25) is 0 Å². The molecular formula is C9H8O4. The molecule has 0 aromatic carbocycles. The number of carbonyl (C=O) groups excluding carboxylic acids is 2. The lowest BCUT2D eigenvalue weighted by atomic mass is 9.78. The maximum atomic E-state index is 11.3. The van der Waals surface area contributed by atoms with E-state index < -0.39 is 29.4 Å². The monoisotopic (exact) mass is 180 g/mol. The van der Waals surface area contributed by atoms with E-state index in [0.29, 0.717) is 0 Å². The highest BCUT2D eigenvalue weighted by Gasteiger charge is 2.64. The van der Waals surface area contributed by atoms with Crippen LogP contribution in [0, 0.1) is 11.8 Å². The molecule has 0 amide bonds. The molecule has 0 aliphatic carbocycles. The quantitative estimate of drug-likeness (QED) is 0.300. The molecule has 0 spiro atoms. The highest BCUT2D eigenvalue weighted by Crippen LogP contribution is 2.50. The molecule has 13 heavy (non-hydrogen) atoms. The number of fused-ring (bicyclic) bond motifs is 5. The normalized spacial score (nSPS) is 51.3. The summed E-state index contributed by atoms with van der Waals surface area (Å²) in [6.07, 6.45) is 3.42. The standard InChI is InChI=1S/C9H8O4/c1-9-3-2-4(13-9)5-6(9)8(11)12-7(5)10/h2-6H,1H3/t4-,5-,6+,9+/m1/s1. The Morgan fingerprint density at radius 3 is 2.85 bits per heavy atom. The third kappa shape index (κ3) is 0.659. The van der Waals surface area contributed by atoms with E-state index in [1.54, 1.807) is 0 Å². The predicted molar refractivity (Wildman–Crippen MR) is 40.5 cm³/mol. The fraction of sp³-hybridized carbons (Fsp3) is 0.556. The Bertz CT molecular complexity index is 346. The highest BCUT2D eigenvalue weighted by atomic mass is 16.6. The number of cyclic esters (lactones) is 2. The van der Waals surface area contributed by atoms with Crippen molar-refractivity contribution in [3.05, 3.63) is 12.2 Å². The maximum Gasteiger partial charge on any atom is 0.320 e. The largest absolute Gasteiger partial charge is 0.393 e. The van der Waals surface area contributed by atoms with Gasteiger partial charge in [0.1, 0.15) is 11.8 Å². The summed E-state index contributed by atoms with van der Waals surface area (Å²) in [6, 6.07) is 0.